The summed E-state index contributed by atoms with van der Waals surface area (Å²) in [5.74, 6) is 1.29. The molecule has 0 saturated carbocycles. The van der Waals surface area contributed by atoms with Crippen molar-refractivity contribution in [3.63, 3.8) is 0 Å². The number of aryl methyl sites for hydroxylation is 1. The summed E-state index contributed by atoms with van der Waals surface area (Å²) in [6, 6.07) is 31.8. The fourth-order valence-electron chi connectivity index (χ4n) is 13.1. The number of H-pyrrole nitrogens is 3. The van der Waals surface area contributed by atoms with Crippen LogP contribution in [-0.2, 0) is 136 Å². The van der Waals surface area contributed by atoms with E-state index < -0.39 is 5.54 Å². The maximum atomic E-state index is 14.2. The number of imidazole rings is 3. The zero-order chi connectivity index (χ0) is 93.9. The third kappa shape index (κ3) is 41.2. The van der Waals surface area contributed by atoms with Gasteiger partial charge in [0.25, 0.3) is 0 Å². The predicted octanol–water partition coefficient (Wildman–Crippen LogP) is 7.06. The first-order chi connectivity index (χ1) is 65.7. The molecule has 134 heavy (non-hydrogen) atoms. The zero-order valence-electron chi connectivity index (χ0n) is 75.6. The number of carbonyl (C=O) groups excluding carboxylic acids is 4. The summed E-state index contributed by atoms with van der Waals surface area (Å²) in [7, 11) is 0. The van der Waals surface area contributed by atoms with Gasteiger partial charge in [-0.05, 0) is 76.1 Å². The number of alkyl halides is 2. The number of fused-ring (bicyclic) bond motifs is 3. The second-order valence-corrected chi connectivity index (χ2v) is 31.2. The van der Waals surface area contributed by atoms with E-state index in [1.165, 1.54) is 19.0 Å². The average Bonchev–Trinajstić information content (AvgIpc) is 1.67. The first-order valence-corrected chi connectivity index (χ1v) is 45.8. The Balaban J connectivity index is 0.597. The highest BCUT2D eigenvalue weighted by Gasteiger charge is 2.34. The van der Waals surface area contributed by atoms with Gasteiger partial charge in [0.15, 0.2) is 33.5 Å². The van der Waals surface area contributed by atoms with Gasteiger partial charge in [0.2, 0.25) is 59.1 Å². The van der Waals surface area contributed by atoms with Crippen LogP contribution >= 0.6 is 23.2 Å². The second-order valence-electron chi connectivity index (χ2n) is 30.5. The van der Waals surface area contributed by atoms with Crippen LogP contribution < -0.4 is 52.7 Å². The number of aromatic amines is 3. The number of carbonyl (C=O) groups is 4. The van der Waals surface area contributed by atoms with Crippen molar-refractivity contribution in [2.45, 2.75) is 102 Å². The van der Waals surface area contributed by atoms with Gasteiger partial charge in [-0.1, -0.05) is 97.1 Å². The molecule has 4 amide bonds. The zero-order valence-corrected chi connectivity index (χ0v) is 77.1. The van der Waals surface area contributed by atoms with Crippen LogP contribution in [0.1, 0.15) is 95.4 Å². The normalized spacial score (nSPS) is 11.7. The van der Waals surface area contributed by atoms with Crippen LogP contribution in [-0.4, -0.2) is 299 Å². The summed E-state index contributed by atoms with van der Waals surface area (Å²) < 4.78 is 105. The number of hydrogen-bond donors (Lipinski definition) is 10. The van der Waals surface area contributed by atoms with Gasteiger partial charge < -0.3 is 139 Å². The minimum Gasteiger partial charge on any atom is -0.471 e. The van der Waals surface area contributed by atoms with E-state index in [1.807, 2.05) is 72.8 Å². The van der Waals surface area contributed by atoms with Crippen molar-refractivity contribution in [1.29, 1.82) is 0 Å². The largest absolute Gasteiger partial charge is 0.471 e. The molecule has 0 saturated heterocycles. The Morgan fingerprint density at radius 2 is 0.597 bits per heavy atom. The predicted molar refractivity (Wildman–Crippen MR) is 496 cm³/mol. The lowest BCUT2D eigenvalue weighted by Gasteiger charge is -2.34. The standard InChI is InChI=1S/C91H125Cl2N19O22/c92-25-20-74(21-26-93)73-18-16-66(17-19-73)2-1-3-78(116)112-91(60-129-30-22-75(113)97-27-33-117-36-39-120-42-45-123-48-51-126-54-67-4-10-70(11-5-67)57-132-85-79-82(103-63-100-79)106-88(94)109-85,61-130-31-23-76(114)98-28-34-118-37-40-121-43-46-124-49-52-127-55-68-6-12-71(13-7-68)58-133-86-80-83(104-64-101-80)107-89(95)110-86)62-131-32-24-77(115)99-29-35-119-38-41-122-44-47-125-50-53-128-56-69-8-14-72(15-9-69)59-134-87-81-84(105-65-102-81)108-90(96)111-87/h4-19,63-65,74H,1-3,20-62H2,(H,97,113)(H,98,114)(H,99,115)(H,112,116)(H3,94,100,103,106,109)(H3,95,101,104,107,110)(H3,96,102,105,108,111). The molecule has 13 N–H and O–H groups in total. The molecule has 0 unspecified atom stereocenters. The van der Waals surface area contributed by atoms with Crippen LogP contribution in [0.3, 0.4) is 0 Å². The summed E-state index contributed by atoms with van der Waals surface area (Å²) >= 11 is 12.3. The van der Waals surface area contributed by atoms with Crippen LogP contribution in [0.5, 0.6) is 17.6 Å². The fraction of sp³-hybridized carbons (Fsp3) is 0.527. The minimum absolute atomic E-state index is 0.0238. The summed E-state index contributed by atoms with van der Waals surface area (Å²) in [4.78, 5) is 99.8. The first-order valence-electron chi connectivity index (χ1n) is 44.8. The summed E-state index contributed by atoms with van der Waals surface area (Å²) in [5, 5.41) is 11.7. The minimum atomic E-state index is -1.34. The number of benzene rings is 4. The van der Waals surface area contributed by atoms with E-state index in [9.17, 15) is 19.2 Å². The Labute approximate surface area is 787 Å². The van der Waals surface area contributed by atoms with E-state index in [4.69, 9.17) is 126 Å². The van der Waals surface area contributed by atoms with Crippen molar-refractivity contribution in [2.75, 3.05) is 227 Å². The number of nitrogen functional groups attached to an aromatic ring is 3. The Kier molecular flexibility index (Phi) is 49.2. The third-order valence-electron chi connectivity index (χ3n) is 20.0. The van der Waals surface area contributed by atoms with E-state index in [2.05, 4.69) is 105 Å². The number of ether oxygens (including phenoxy) is 18. The van der Waals surface area contributed by atoms with E-state index in [0.29, 0.717) is 214 Å². The maximum absolute atomic E-state index is 14.2. The lowest BCUT2D eigenvalue weighted by Crippen LogP contribution is -2.58. The van der Waals surface area contributed by atoms with Crippen molar-refractivity contribution in [1.82, 2.24) is 81.1 Å². The summed E-state index contributed by atoms with van der Waals surface area (Å²) in [6.07, 6.45) is 7.32. The van der Waals surface area contributed by atoms with Gasteiger partial charge in [-0.2, -0.15) is 29.9 Å². The molecule has 41 nitrogen and oxygen atoms in total. The van der Waals surface area contributed by atoms with Crippen molar-refractivity contribution in [3.8, 4) is 17.6 Å². The fourth-order valence-corrected chi connectivity index (χ4v) is 13.6. The van der Waals surface area contributed by atoms with Crippen LogP contribution in [0.2, 0.25) is 0 Å². The second kappa shape index (κ2) is 62.7. The van der Waals surface area contributed by atoms with Crippen molar-refractivity contribution >= 4 is 98.2 Å². The maximum Gasteiger partial charge on any atom is 0.247 e. The smallest absolute Gasteiger partial charge is 0.247 e. The number of amides is 4. The molecule has 6 heterocycles. The molecule has 10 aromatic rings. The molecule has 4 aromatic carbocycles. The van der Waals surface area contributed by atoms with E-state index >= 15 is 0 Å². The Morgan fingerprint density at radius 1 is 0.321 bits per heavy atom. The van der Waals surface area contributed by atoms with Gasteiger partial charge in [-0.3, -0.25) is 19.2 Å². The van der Waals surface area contributed by atoms with Gasteiger partial charge in [0.05, 0.1) is 217 Å². The molecule has 0 aliphatic heterocycles. The Morgan fingerprint density at radius 3 is 0.896 bits per heavy atom. The molecule has 0 aliphatic carbocycles. The summed E-state index contributed by atoms with van der Waals surface area (Å²) in [5.41, 5.74) is 27.1. The highest BCUT2D eigenvalue weighted by atomic mass is 35.5. The number of rotatable bonds is 76. The van der Waals surface area contributed by atoms with Crippen molar-refractivity contribution in [2.24, 2.45) is 0 Å². The van der Waals surface area contributed by atoms with Gasteiger partial charge in [0, 0.05) is 57.1 Å². The lowest BCUT2D eigenvalue weighted by molar-refractivity contribution is -0.130. The van der Waals surface area contributed by atoms with E-state index in [0.717, 1.165) is 57.3 Å². The molecule has 6 aromatic heterocycles. The Hall–Kier alpha value is -10.8. The molecule has 0 radical (unpaired) electrons. The molecule has 43 heteroatoms. The molecule has 0 bridgehead atoms. The first kappa shape index (κ1) is 105. The Bertz CT molecular complexity index is 4530. The van der Waals surface area contributed by atoms with Gasteiger partial charge in [0.1, 0.15) is 25.4 Å². The number of anilines is 3. The number of halogens is 2. The molecular formula is C91H125Cl2N19O22. The summed E-state index contributed by atoms with van der Waals surface area (Å²) in [6.45, 7) is 9.36. The molecular weight excluding hydrogens is 1780 g/mol. The van der Waals surface area contributed by atoms with Crippen LogP contribution in [0, 0.1) is 0 Å². The average molecular weight is 1910 g/mol. The van der Waals surface area contributed by atoms with Gasteiger partial charge in [-0.15, -0.1) is 23.2 Å². The van der Waals surface area contributed by atoms with Crippen molar-refractivity contribution in [3.05, 3.63) is 161 Å². The van der Waals surface area contributed by atoms with Crippen LogP contribution in [0.25, 0.3) is 33.5 Å². The van der Waals surface area contributed by atoms with Crippen LogP contribution in [0.15, 0.2) is 116 Å². The topological polar surface area (TPSA) is 524 Å². The van der Waals surface area contributed by atoms with Crippen molar-refractivity contribution < 1.29 is 104 Å². The molecule has 0 atom stereocenters. The SMILES string of the molecule is Nc1nc(OCc2ccc(COCCOCCOCCOCCNC(=O)CCOCC(COCCC(=O)NCCOCCOCCOCCOCc3ccc(COc4nc(N)nc5[nH]cnc45)cc3)(COCCC(=O)NCCOCCOCCOCCOCc3ccc(COc4nc(N)nc5[nH]cnc45)cc3)NC(=O)CCCc3ccc(C(CCCl)CCCl)cc3)cc2)c2nc[nH]c2n1. The van der Waals surface area contributed by atoms with Gasteiger partial charge in [-0.25, -0.2) is 15.0 Å². The van der Waals surface area contributed by atoms with E-state index in [1.54, 1.807) is 0 Å². The number of hydrogen-bond acceptors (Lipinski definition) is 34. The molecule has 0 spiro atoms. The highest BCUT2D eigenvalue weighted by molar-refractivity contribution is 6.18. The molecule has 10 rings (SSSR count). The lowest BCUT2D eigenvalue weighted by atomic mass is 9.92. The third-order valence-corrected chi connectivity index (χ3v) is 20.5. The highest BCUT2D eigenvalue weighted by Crippen LogP contribution is 2.28. The molecule has 0 aliphatic rings. The number of nitrogens with one attached hydrogen (secondary N) is 7. The molecule has 0 fully saturated rings. The number of nitrogens with zero attached hydrogens (tertiary/aromatic N) is 9. The quantitative estimate of drug-likeness (QED) is 0.0135. The monoisotopic (exact) mass is 1910 g/mol. The van der Waals surface area contributed by atoms with E-state index in [-0.39, 0.29) is 172 Å². The number of aromatic nitrogens is 12. The van der Waals surface area contributed by atoms with Gasteiger partial charge >= 0.3 is 0 Å². The number of nitrogens with two attached hydrogens (primary N) is 3. The molecule has 730 valence electrons. The van der Waals surface area contributed by atoms with Crippen LogP contribution in [0.4, 0.5) is 17.8 Å².